The largest absolute Gasteiger partial charge is 0.338 e. The molecule has 1 aromatic carbocycles. The summed E-state index contributed by atoms with van der Waals surface area (Å²) in [6.07, 6.45) is 7.09. The van der Waals surface area contributed by atoms with Gasteiger partial charge in [-0.2, -0.15) is 4.31 Å². The van der Waals surface area contributed by atoms with Crippen molar-refractivity contribution in [3.8, 4) is 0 Å². The third-order valence-electron chi connectivity index (χ3n) is 7.02. The third kappa shape index (κ3) is 3.73. The van der Waals surface area contributed by atoms with Crippen molar-refractivity contribution in [2.24, 2.45) is 17.8 Å². The quantitative estimate of drug-likeness (QED) is 0.772. The van der Waals surface area contributed by atoms with E-state index >= 15 is 0 Å². The van der Waals surface area contributed by atoms with Crippen molar-refractivity contribution in [1.29, 1.82) is 0 Å². The number of rotatable bonds is 3. The van der Waals surface area contributed by atoms with Gasteiger partial charge in [0.15, 0.2) is 0 Å². The number of carbonyl (C=O) groups excluding carboxylic acids is 1. The number of carbonyl (C=O) groups is 1. The van der Waals surface area contributed by atoms with Crippen LogP contribution in [0.1, 0.15) is 61.4 Å². The summed E-state index contributed by atoms with van der Waals surface area (Å²) in [5.74, 6) is 1.75. The van der Waals surface area contributed by atoms with E-state index in [2.05, 4.69) is 6.92 Å². The minimum atomic E-state index is -3.55. The van der Waals surface area contributed by atoms with Crippen molar-refractivity contribution < 1.29 is 13.2 Å². The van der Waals surface area contributed by atoms with Gasteiger partial charge in [0, 0.05) is 31.7 Å². The number of hydrogen-bond acceptors (Lipinski definition) is 3. The fraction of sp³-hybridized carbons (Fsp3) is 0.682. The molecule has 2 heterocycles. The average Bonchev–Trinajstić information content (AvgIpc) is 3.14. The van der Waals surface area contributed by atoms with Gasteiger partial charge in [-0.05, 0) is 61.6 Å². The Kier molecular flexibility index (Phi) is 5.53. The van der Waals surface area contributed by atoms with Gasteiger partial charge in [-0.3, -0.25) is 4.79 Å². The van der Waals surface area contributed by atoms with Crippen LogP contribution in [0.25, 0.3) is 0 Å². The smallest absolute Gasteiger partial charge is 0.253 e. The normalized spacial score (nSPS) is 28.9. The lowest BCUT2D eigenvalue weighted by Gasteiger charge is -2.41. The number of nitrogens with zero attached hydrogens (tertiary/aromatic N) is 2. The van der Waals surface area contributed by atoms with E-state index in [1.807, 2.05) is 11.8 Å². The molecule has 154 valence electrons. The van der Waals surface area contributed by atoms with Crippen molar-refractivity contribution in [2.45, 2.75) is 57.3 Å². The summed E-state index contributed by atoms with van der Waals surface area (Å²) in [4.78, 5) is 15.4. The predicted molar refractivity (Wildman–Crippen MR) is 110 cm³/mol. The first-order chi connectivity index (χ1) is 13.4. The van der Waals surface area contributed by atoms with Crippen LogP contribution in [0, 0.1) is 24.7 Å². The standard InChI is InChI=1S/C22H32N2O3S/c1-16-9-12-24(14-16)28(26,27)21-13-19(8-7-17(21)2)22(25)23-11-10-18-5-3-4-6-20(18)15-23/h7-8,13,16,18,20H,3-6,9-12,14-15H2,1-2H3. The van der Waals surface area contributed by atoms with Crippen LogP contribution in [-0.2, 0) is 10.0 Å². The number of piperidine rings is 1. The number of fused-ring (bicyclic) bond motifs is 1. The summed E-state index contributed by atoms with van der Waals surface area (Å²) < 4.78 is 27.9. The van der Waals surface area contributed by atoms with Gasteiger partial charge < -0.3 is 4.90 Å². The van der Waals surface area contributed by atoms with E-state index in [0.717, 1.165) is 31.8 Å². The van der Waals surface area contributed by atoms with Crippen molar-refractivity contribution in [2.75, 3.05) is 26.2 Å². The summed E-state index contributed by atoms with van der Waals surface area (Å²) in [5, 5.41) is 0. The maximum Gasteiger partial charge on any atom is 0.253 e. The Hall–Kier alpha value is -1.40. The Morgan fingerprint density at radius 1 is 1.00 bits per heavy atom. The SMILES string of the molecule is Cc1ccc(C(=O)N2CCC3CCCCC3C2)cc1S(=O)(=O)N1CCC(C)C1. The van der Waals surface area contributed by atoms with Crippen molar-refractivity contribution in [1.82, 2.24) is 9.21 Å². The molecule has 2 saturated heterocycles. The fourth-order valence-electron chi connectivity index (χ4n) is 5.23. The van der Waals surface area contributed by atoms with Gasteiger partial charge in [0.1, 0.15) is 0 Å². The first kappa shape index (κ1) is 19.9. The average molecular weight is 405 g/mol. The first-order valence-electron chi connectivity index (χ1n) is 10.8. The highest BCUT2D eigenvalue weighted by Gasteiger charge is 2.35. The van der Waals surface area contributed by atoms with Gasteiger partial charge in [-0.15, -0.1) is 0 Å². The van der Waals surface area contributed by atoms with Gasteiger partial charge in [0.2, 0.25) is 10.0 Å². The van der Waals surface area contributed by atoms with E-state index in [-0.39, 0.29) is 5.91 Å². The minimum Gasteiger partial charge on any atom is -0.338 e. The second-order valence-corrected chi connectivity index (χ2v) is 11.0. The molecule has 2 aliphatic heterocycles. The van der Waals surface area contributed by atoms with Crippen LogP contribution in [0.3, 0.4) is 0 Å². The maximum atomic E-state index is 13.2. The first-order valence-corrected chi connectivity index (χ1v) is 12.2. The zero-order valence-corrected chi connectivity index (χ0v) is 17.9. The van der Waals surface area contributed by atoms with Crippen LogP contribution >= 0.6 is 0 Å². The number of aryl methyl sites for hydroxylation is 1. The molecule has 6 heteroatoms. The lowest BCUT2D eigenvalue weighted by atomic mass is 9.75. The Balaban J connectivity index is 1.56. The zero-order chi connectivity index (χ0) is 19.9. The number of amides is 1. The molecule has 3 atom stereocenters. The Morgan fingerprint density at radius 2 is 1.75 bits per heavy atom. The molecule has 0 spiro atoms. The van der Waals surface area contributed by atoms with Gasteiger partial charge >= 0.3 is 0 Å². The van der Waals surface area contributed by atoms with Crippen LogP contribution in [0.5, 0.6) is 0 Å². The Morgan fingerprint density at radius 3 is 2.46 bits per heavy atom. The Bertz CT molecular complexity index is 851. The number of benzene rings is 1. The highest BCUT2D eigenvalue weighted by Crippen LogP contribution is 2.36. The lowest BCUT2D eigenvalue weighted by molar-refractivity contribution is 0.0520. The van der Waals surface area contributed by atoms with Crippen LogP contribution in [-0.4, -0.2) is 49.7 Å². The molecule has 1 amide bonds. The summed E-state index contributed by atoms with van der Waals surface area (Å²) in [6, 6.07) is 5.19. The molecule has 3 fully saturated rings. The van der Waals surface area contributed by atoms with Crippen LogP contribution < -0.4 is 0 Å². The third-order valence-corrected chi connectivity index (χ3v) is 9.03. The van der Waals surface area contributed by atoms with Gasteiger partial charge in [-0.1, -0.05) is 32.3 Å². The molecule has 0 radical (unpaired) electrons. The van der Waals surface area contributed by atoms with E-state index in [4.69, 9.17) is 0 Å². The summed E-state index contributed by atoms with van der Waals surface area (Å²) in [7, 11) is -3.55. The van der Waals surface area contributed by atoms with Crippen LogP contribution in [0.15, 0.2) is 23.1 Å². The summed E-state index contributed by atoms with van der Waals surface area (Å²) >= 11 is 0. The van der Waals surface area contributed by atoms with E-state index < -0.39 is 10.0 Å². The molecule has 0 bridgehead atoms. The molecule has 1 aromatic rings. The van der Waals surface area contributed by atoms with E-state index in [0.29, 0.717) is 40.9 Å². The molecule has 1 saturated carbocycles. The topological polar surface area (TPSA) is 57.7 Å². The fourth-order valence-corrected chi connectivity index (χ4v) is 7.06. The molecule has 5 nitrogen and oxygen atoms in total. The number of hydrogen-bond donors (Lipinski definition) is 0. The van der Waals surface area contributed by atoms with E-state index in [1.165, 1.54) is 25.7 Å². The van der Waals surface area contributed by atoms with Crippen LogP contribution in [0.4, 0.5) is 0 Å². The maximum absolute atomic E-state index is 13.2. The zero-order valence-electron chi connectivity index (χ0n) is 17.1. The van der Waals surface area contributed by atoms with E-state index in [9.17, 15) is 13.2 Å². The van der Waals surface area contributed by atoms with Crippen molar-refractivity contribution in [3.05, 3.63) is 29.3 Å². The minimum absolute atomic E-state index is 0.0183. The molecular formula is C22H32N2O3S. The highest BCUT2D eigenvalue weighted by molar-refractivity contribution is 7.89. The second kappa shape index (κ2) is 7.79. The molecule has 3 aliphatic rings. The monoisotopic (exact) mass is 404 g/mol. The lowest BCUT2D eigenvalue weighted by Crippen LogP contribution is -2.44. The van der Waals surface area contributed by atoms with Crippen LogP contribution in [0.2, 0.25) is 0 Å². The predicted octanol–water partition coefficient (Wildman–Crippen LogP) is 3.68. The molecule has 28 heavy (non-hydrogen) atoms. The summed E-state index contributed by atoms with van der Waals surface area (Å²) in [6.45, 7) is 6.64. The van der Waals surface area contributed by atoms with Gasteiger partial charge in [-0.25, -0.2) is 8.42 Å². The van der Waals surface area contributed by atoms with Gasteiger partial charge in [0.05, 0.1) is 4.90 Å². The molecule has 0 aromatic heterocycles. The molecule has 1 aliphatic carbocycles. The molecule has 4 rings (SSSR count). The van der Waals surface area contributed by atoms with Crippen molar-refractivity contribution in [3.63, 3.8) is 0 Å². The second-order valence-electron chi connectivity index (χ2n) is 9.08. The number of sulfonamides is 1. The molecule has 0 N–H and O–H groups in total. The molecule has 3 unspecified atom stereocenters. The molecular weight excluding hydrogens is 372 g/mol. The van der Waals surface area contributed by atoms with E-state index in [1.54, 1.807) is 22.5 Å². The van der Waals surface area contributed by atoms with Gasteiger partial charge in [0.25, 0.3) is 5.91 Å². The highest BCUT2D eigenvalue weighted by atomic mass is 32.2. The summed E-state index contributed by atoms with van der Waals surface area (Å²) in [5.41, 5.74) is 1.22. The van der Waals surface area contributed by atoms with Crippen molar-refractivity contribution >= 4 is 15.9 Å². The Labute approximate surface area is 169 Å². The number of likely N-dealkylation sites (tertiary alicyclic amines) is 1.